The standard InChI is InChI=1S/C15H14N4/c16-11-3-1-2-10(8-11)4-7-15-18-13-6-5-12(17)9-14(13)19-15/h1-9H,16-17H2,(H,18,19)/b7-4-. The quantitative estimate of drug-likeness (QED) is 0.612. The van der Waals surface area contributed by atoms with Crippen LogP contribution in [0.2, 0.25) is 0 Å². The van der Waals surface area contributed by atoms with E-state index in [1.165, 1.54) is 0 Å². The van der Waals surface area contributed by atoms with Crippen LogP contribution in [0.15, 0.2) is 42.5 Å². The van der Waals surface area contributed by atoms with Crippen molar-refractivity contribution in [2.45, 2.75) is 0 Å². The normalized spacial score (nSPS) is 11.4. The average Bonchev–Trinajstić information content (AvgIpc) is 2.78. The van der Waals surface area contributed by atoms with Crippen molar-refractivity contribution in [3.05, 3.63) is 53.9 Å². The van der Waals surface area contributed by atoms with Crippen LogP contribution in [-0.2, 0) is 0 Å². The number of nitrogens with two attached hydrogens (primary N) is 2. The van der Waals surface area contributed by atoms with Crippen molar-refractivity contribution < 1.29 is 0 Å². The first-order chi connectivity index (χ1) is 9.20. The Bertz CT molecular complexity index is 756. The number of nitrogens with zero attached hydrogens (tertiary/aromatic N) is 1. The lowest BCUT2D eigenvalue weighted by Crippen LogP contribution is -1.83. The van der Waals surface area contributed by atoms with E-state index in [1.807, 2.05) is 54.6 Å². The second-order valence-corrected chi connectivity index (χ2v) is 4.40. The molecule has 0 saturated carbocycles. The van der Waals surface area contributed by atoms with Gasteiger partial charge >= 0.3 is 0 Å². The molecule has 94 valence electrons. The minimum atomic E-state index is 0.725. The van der Waals surface area contributed by atoms with Gasteiger partial charge in [0.1, 0.15) is 5.82 Å². The highest BCUT2D eigenvalue weighted by Crippen LogP contribution is 2.16. The number of aromatic amines is 1. The molecular weight excluding hydrogens is 236 g/mol. The first-order valence-corrected chi connectivity index (χ1v) is 5.99. The average molecular weight is 250 g/mol. The SMILES string of the molecule is Nc1cccc(/C=C\c2nc3ccc(N)cc3[nH]2)c1. The number of imidazole rings is 1. The number of nitrogen functional groups attached to an aromatic ring is 2. The fourth-order valence-electron chi connectivity index (χ4n) is 1.96. The van der Waals surface area contributed by atoms with E-state index in [1.54, 1.807) is 0 Å². The molecule has 4 heteroatoms. The maximum Gasteiger partial charge on any atom is 0.131 e. The maximum atomic E-state index is 5.74. The van der Waals surface area contributed by atoms with Gasteiger partial charge in [-0.15, -0.1) is 0 Å². The van der Waals surface area contributed by atoms with Crippen molar-refractivity contribution >= 4 is 34.6 Å². The third-order valence-electron chi connectivity index (χ3n) is 2.87. The van der Waals surface area contributed by atoms with Crippen LogP contribution in [0.4, 0.5) is 11.4 Å². The van der Waals surface area contributed by atoms with Crippen LogP contribution in [0, 0.1) is 0 Å². The predicted octanol–water partition coefficient (Wildman–Crippen LogP) is 2.90. The van der Waals surface area contributed by atoms with Crippen LogP contribution < -0.4 is 11.5 Å². The number of benzene rings is 2. The van der Waals surface area contributed by atoms with Crippen molar-refractivity contribution in [1.82, 2.24) is 9.97 Å². The zero-order valence-corrected chi connectivity index (χ0v) is 10.3. The third kappa shape index (κ3) is 2.42. The molecule has 3 rings (SSSR count). The van der Waals surface area contributed by atoms with E-state index in [2.05, 4.69) is 9.97 Å². The number of anilines is 2. The number of hydrogen-bond acceptors (Lipinski definition) is 3. The minimum Gasteiger partial charge on any atom is -0.399 e. The summed E-state index contributed by atoms with van der Waals surface area (Å²) in [6.07, 6.45) is 3.89. The van der Waals surface area contributed by atoms with E-state index in [4.69, 9.17) is 11.5 Å². The molecule has 0 spiro atoms. The van der Waals surface area contributed by atoms with Crippen LogP contribution in [0.3, 0.4) is 0 Å². The zero-order chi connectivity index (χ0) is 13.2. The van der Waals surface area contributed by atoms with Gasteiger partial charge in [0.05, 0.1) is 11.0 Å². The van der Waals surface area contributed by atoms with Gasteiger partial charge in [-0.3, -0.25) is 0 Å². The van der Waals surface area contributed by atoms with Crippen LogP contribution in [0.25, 0.3) is 23.2 Å². The summed E-state index contributed by atoms with van der Waals surface area (Å²) in [6.45, 7) is 0. The smallest absolute Gasteiger partial charge is 0.131 e. The van der Waals surface area contributed by atoms with E-state index in [9.17, 15) is 0 Å². The summed E-state index contributed by atoms with van der Waals surface area (Å²) < 4.78 is 0. The molecule has 0 aliphatic rings. The number of hydrogen-bond donors (Lipinski definition) is 3. The number of nitrogens with one attached hydrogen (secondary N) is 1. The number of H-pyrrole nitrogens is 1. The van der Waals surface area contributed by atoms with Gasteiger partial charge in [-0.1, -0.05) is 18.2 Å². The molecule has 1 aromatic heterocycles. The lowest BCUT2D eigenvalue weighted by Gasteiger charge is -1.94. The van der Waals surface area contributed by atoms with Gasteiger partial charge in [0.2, 0.25) is 0 Å². The largest absolute Gasteiger partial charge is 0.399 e. The molecule has 0 atom stereocenters. The first kappa shape index (κ1) is 11.3. The molecule has 0 aliphatic carbocycles. The molecule has 0 unspecified atom stereocenters. The summed E-state index contributed by atoms with van der Waals surface area (Å²) in [5, 5.41) is 0. The number of fused-ring (bicyclic) bond motifs is 1. The monoisotopic (exact) mass is 250 g/mol. The van der Waals surface area contributed by atoms with Crippen LogP contribution in [-0.4, -0.2) is 9.97 Å². The van der Waals surface area contributed by atoms with E-state index in [-0.39, 0.29) is 0 Å². The molecule has 0 bridgehead atoms. The number of aromatic nitrogens is 2. The van der Waals surface area contributed by atoms with E-state index >= 15 is 0 Å². The topological polar surface area (TPSA) is 80.7 Å². The van der Waals surface area contributed by atoms with Gasteiger partial charge in [-0.25, -0.2) is 4.98 Å². The van der Waals surface area contributed by atoms with Crippen LogP contribution in [0.5, 0.6) is 0 Å². The van der Waals surface area contributed by atoms with Crippen LogP contribution in [0.1, 0.15) is 11.4 Å². The van der Waals surface area contributed by atoms with Gasteiger partial charge in [0.25, 0.3) is 0 Å². The molecule has 2 aromatic carbocycles. The molecule has 0 saturated heterocycles. The number of rotatable bonds is 2. The highest BCUT2D eigenvalue weighted by molar-refractivity contribution is 5.81. The minimum absolute atomic E-state index is 0.725. The predicted molar refractivity (Wildman–Crippen MR) is 80.3 cm³/mol. The lowest BCUT2D eigenvalue weighted by molar-refractivity contribution is 1.29. The van der Waals surface area contributed by atoms with Gasteiger partial charge in [-0.2, -0.15) is 0 Å². The summed E-state index contributed by atoms with van der Waals surface area (Å²) in [6, 6.07) is 13.3. The van der Waals surface area contributed by atoms with Crippen molar-refractivity contribution in [3.8, 4) is 0 Å². The summed E-state index contributed by atoms with van der Waals surface area (Å²) >= 11 is 0. The van der Waals surface area contributed by atoms with E-state index in [0.29, 0.717) is 0 Å². The molecule has 0 aliphatic heterocycles. The molecule has 5 N–H and O–H groups in total. The maximum absolute atomic E-state index is 5.74. The van der Waals surface area contributed by atoms with E-state index < -0.39 is 0 Å². The highest BCUT2D eigenvalue weighted by Gasteiger charge is 2.00. The third-order valence-corrected chi connectivity index (χ3v) is 2.87. The van der Waals surface area contributed by atoms with Crippen LogP contribution >= 0.6 is 0 Å². The second kappa shape index (κ2) is 4.49. The Hall–Kier alpha value is -2.75. The van der Waals surface area contributed by atoms with Gasteiger partial charge in [0.15, 0.2) is 0 Å². The fraction of sp³-hybridized carbons (Fsp3) is 0. The second-order valence-electron chi connectivity index (χ2n) is 4.40. The first-order valence-electron chi connectivity index (χ1n) is 5.99. The Labute approximate surface area is 110 Å². The van der Waals surface area contributed by atoms with Crippen molar-refractivity contribution in [1.29, 1.82) is 0 Å². The Morgan fingerprint density at radius 2 is 1.79 bits per heavy atom. The van der Waals surface area contributed by atoms with Gasteiger partial charge in [0, 0.05) is 11.4 Å². The lowest BCUT2D eigenvalue weighted by atomic mass is 10.2. The summed E-state index contributed by atoms with van der Waals surface area (Å²) in [5.74, 6) is 0.794. The van der Waals surface area contributed by atoms with Gasteiger partial charge in [-0.05, 0) is 42.0 Å². The van der Waals surface area contributed by atoms with Gasteiger partial charge < -0.3 is 16.5 Å². The summed E-state index contributed by atoms with van der Waals surface area (Å²) in [4.78, 5) is 7.67. The van der Waals surface area contributed by atoms with Crippen molar-refractivity contribution in [2.75, 3.05) is 11.5 Å². The Morgan fingerprint density at radius 3 is 2.63 bits per heavy atom. The van der Waals surface area contributed by atoms with E-state index in [0.717, 1.165) is 33.8 Å². The molecule has 1 heterocycles. The molecule has 19 heavy (non-hydrogen) atoms. The Kier molecular flexibility index (Phi) is 2.68. The van der Waals surface area contributed by atoms with Crippen molar-refractivity contribution in [3.63, 3.8) is 0 Å². The highest BCUT2D eigenvalue weighted by atomic mass is 14.9. The summed E-state index contributed by atoms with van der Waals surface area (Å²) in [5.41, 5.74) is 15.8. The Morgan fingerprint density at radius 1 is 0.947 bits per heavy atom. The zero-order valence-electron chi connectivity index (χ0n) is 10.3. The molecule has 4 nitrogen and oxygen atoms in total. The molecule has 0 amide bonds. The summed E-state index contributed by atoms with van der Waals surface area (Å²) in [7, 11) is 0. The molecule has 0 radical (unpaired) electrons. The molecule has 0 fully saturated rings. The molecule has 3 aromatic rings. The molecular formula is C15H14N4. The fourth-order valence-corrected chi connectivity index (χ4v) is 1.96. The van der Waals surface area contributed by atoms with Crippen molar-refractivity contribution in [2.24, 2.45) is 0 Å². The Balaban J connectivity index is 1.92.